The molecule has 2 atom stereocenters. The van der Waals surface area contributed by atoms with Gasteiger partial charge in [0.05, 0.1) is 23.4 Å². The molecule has 0 saturated carbocycles. The van der Waals surface area contributed by atoms with Crippen LogP contribution in [0.4, 0.5) is 0 Å². The van der Waals surface area contributed by atoms with Crippen molar-refractivity contribution in [2.75, 3.05) is 5.75 Å². The summed E-state index contributed by atoms with van der Waals surface area (Å²) in [6, 6.07) is 16.5. The van der Waals surface area contributed by atoms with Gasteiger partial charge in [0.15, 0.2) is 9.84 Å². The summed E-state index contributed by atoms with van der Waals surface area (Å²) < 4.78 is 26.0. The zero-order chi connectivity index (χ0) is 24.0. The van der Waals surface area contributed by atoms with Crippen LogP contribution in [0.3, 0.4) is 0 Å². The Hall–Kier alpha value is -2.62. The van der Waals surface area contributed by atoms with Crippen LogP contribution in [0.1, 0.15) is 31.4 Å². The van der Waals surface area contributed by atoms with E-state index in [4.69, 9.17) is 0 Å². The van der Waals surface area contributed by atoms with Gasteiger partial charge in [-0.2, -0.15) is 0 Å². The number of aromatic nitrogens is 1. The van der Waals surface area contributed by atoms with Gasteiger partial charge in [-0.25, -0.2) is 8.42 Å². The predicted octanol–water partition coefficient (Wildman–Crippen LogP) is 2.48. The van der Waals surface area contributed by atoms with Crippen molar-refractivity contribution in [1.29, 1.82) is 0 Å². The van der Waals surface area contributed by atoms with Crippen molar-refractivity contribution >= 4 is 33.8 Å². The molecule has 0 fully saturated rings. The highest BCUT2D eigenvalue weighted by Crippen LogP contribution is 2.23. The molecule has 0 aliphatic heterocycles. The minimum Gasteiger partial charge on any atom is -0.426 e. The SMILES string of the molecule is CC(C)C[C@H](NC(=O)[C@H](Cc1c[nH]c2ccccc12)CS(=O)(=O)Cc1ccccc1)B(O)O. The van der Waals surface area contributed by atoms with E-state index in [0.717, 1.165) is 16.5 Å². The number of H-pyrrole nitrogens is 1. The van der Waals surface area contributed by atoms with E-state index >= 15 is 0 Å². The number of nitrogens with one attached hydrogen (secondary N) is 2. The molecule has 1 aromatic heterocycles. The summed E-state index contributed by atoms with van der Waals surface area (Å²) in [7, 11) is -5.34. The number of carbonyl (C=O) groups is 1. The zero-order valence-corrected chi connectivity index (χ0v) is 19.8. The largest absolute Gasteiger partial charge is 0.475 e. The number of para-hydroxylation sites is 1. The Balaban J connectivity index is 1.85. The van der Waals surface area contributed by atoms with Crippen LogP contribution in [-0.4, -0.2) is 48.2 Å². The van der Waals surface area contributed by atoms with Crippen LogP contribution in [0.25, 0.3) is 10.9 Å². The van der Waals surface area contributed by atoms with E-state index in [1.807, 2.05) is 44.2 Å². The molecule has 0 bridgehead atoms. The highest BCUT2D eigenvalue weighted by molar-refractivity contribution is 7.90. The first-order valence-electron chi connectivity index (χ1n) is 11.1. The normalized spacial score (nSPS) is 13.7. The first kappa shape index (κ1) is 25.0. The second kappa shape index (κ2) is 11.0. The maximum absolute atomic E-state index is 13.2. The van der Waals surface area contributed by atoms with Crippen LogP contribution in [0, 0.1) is 11.8 Å². The van der Waals surface area contributed by atoms with Crippen LogP contribution in [-0.2, 0) is 26.8 Å². The van der Waals surface area contributed by atoms with E-state index in [2.05, 4.69) is 10.3 Å². The number of aromatic amines is 1. The molecule has 0 spiro atoms. The van der Waals surface area contributed by atoms with Crippen LogP contribution in [0.15, 0.2) is 60.8 Å². The topological polar surface area (TPSA) is 119 Å². The fourth-order valence-corrected chi connectivity index (χ4v) is 5.75. The van der Waals surface area contributed by atoms with Gasteiger partial charge < -0.3 is 20.3 Å². The lowest BCUT2D eigenvalue weighted by molar-refractivity contribution is -0.124. The standard InChI is InChI=1S/C24H31BN2O5S/c1-17(2)12-23(25(29)30)27-24(28)20(13-19-14-26-22-11-7-6-10-21(19)22)16-33(31,32)15-18-8-4-3-5-9-18/h3-11,14,17,20,23,26,29-30H,12-13,15-16H2,1-2H3,(H,27,28)/t20-,23+/m1/s1. The summed E-state index contributed by atoms with van der Waals surface area (Å²) in [5, 5.41) is 23.1. The van der Waals surface area contributed by atoms with Gasteiger partial charge in [0, 0.05) is 17.1 Å². The lowest BCUT2D eigenvalue weighted by Crippen LogP contribution is -2.50. The number of carbonyl (C=O) groups excluding carboxylic acids is 1. The van der Waals surface area contributed by atoms with Crippen LogP contribution < -0.4 is 5.32 Å². The summed E-state index contributed by atoms with van der Waals surface area (Å²) in [4.78, 5) is 16.4. The summed E-state index contributed by atoms with van der Waals surface area (Å²) in [5.41, 5.74) is 2.40. The molecule has 0 saturated heterocycles. The quantitative estimate of drug-likeness (QED) is 0.321. The van der Waals surface area contributed by atoms with E-state index in [1.165, 1.54) is 0 Å². The summed E-state index contributed by atoms with van der Waals surface area (Å²) in [6.07, 6.45) is 2.36. The highest BCUT2D eigenvalue weighted by atomic mass is 32.2. The Morgan fingerprint density at radius 3 is 2.39 bits per heavy atom. The van der Waals surface area contributed by atoms with Gasteiger partial charge in [0.25, 0.3) is 0 Å². The lowest BCUT2D eigenvalue weighted by atomic mass is 9.74. The van der Waals surface area contributed by atoms with E-state index in [-0.39, 0.29) is 23.8 Å². The van der Waals surface area contributed by atoms with Crippen molar-refractivity contribution in [1.82, 2.24) is 10.3 Å². The van der Waals surface area contributed by atoms with Crippen molar-refractivity contribution < 1.29 is 23.3 Å². The van der Waals surface area contributed by atoms with Crippen LogP contribution in [0.5, 0.6) is 0 Å². The number of sulfone groups is 1. The molecule has 4 N–H and O–H groups in total. The maximum Gasteiger partial charge on any atom is 0.475 e. The van der Waals surface area contributed by atoms with Crippen molar-refractivity contribution in [2.24, 2.45) is 11.8 Å². The third kappa shape index (κ3) is 7.18. The molecule has 3 aromatic rings. The number of rotatable bonds is 11. The van der Waals surface area contributed by atoms with Crippen LogP contribution >= 0.6 is 0 Å². The van der Waals surface area contributed by atoms with Gasteiger partial charge in [-0.15, -0.1) is 0 Å². The van der Waals surface area contributed by atoms with Gasteiger partial charge >= 0.3 is 7.12 Å². The Morgan fingerprint density at radius 2 is 1.73 bits per heavy atom. The summed E-state index contributed by atoms with van der Waals surface area (Å²) in [5.74, 6) is -2.65. The van der Waals surface area contributed by atoms with Gasteiger partial charge in [-0.05, 0) is 36.0 Å². The smallest absolute Gasteiger partial charge is 0.426 e. The monoisotopic (exact) mass is 470 g/mol. The second-order valence-electron chi connectivity index (χ2n) is 8.96. The van der Waals surface area contributed by atoms with Crippen molar-refractivity contribution in [2.45, 2.75) is 38.4 Å². The molecule has 176 valence electrons. The molecule has 1 amide bonds. The molecule has 0 aliphatic rings. The zero-order valence-electron chi connectivity index (χ0n) is 18.9. The van der Waals surface area contributed by atoms with Crippen molar-refractivity contribution in [3.63, 3.8) is 0 Å². The fraction of sp³-hybridized carbons (Fsp3) is 0.375. The predicted molar refractivity (Wildman–Crippen MR) is 131 cm³/mol. The molecule has 2 aromatic carbocycles. The van der Waals surface area contributed by atoms with Crippen molar-refractivity contribution in [3.05, 3.63) is 71.9 Å². The van der Waals surface area contributed by atoms with E-state index in [9.17, 15) is 23.3 Å². The van der Waals surface area contributed by atoms with Crippen molar-refractivity contribution in [3.8, 4) is 0 Å². The van der Waals surface area contributed by atoms with Crippen LogP contribution in [0.2, 0.25) is 0 Å². The number of benzene rings is 2. The van der Waals surface area contributed by atoms with E-state index in [1.54, 1.807) is 30.5 Å². The number of amides is 1. The summed E-state index contributed by atoms with van der Waals surface area (Å²) >= 11 is 0. The van der Waals surface area contributed by atoms with Gasteiger partial charge in [0.2, 0.25) is 5.91 Å². The first-order valence-corrected chi connectivity index (χ1v) is 12.9. The molecule has 0 radical (unpaired) electrons. The fourth-order valence-electron chi connectivity index (χ4n) is 4.05. The number of hydrogen-bond acceptors (Lipinski definition) is 5. The highest BCUT2D eigenvalue weighted by Gasteiger charge is 2.32. The Bertz CT molecular complexity index is 1160. The molecular formula is C24H31BN2O5S. The maximum atomic E-state index is 13.2. The van der Waals surface area contributed by atoms with E-state index < -0.39 is 34.7 Å². The average molecular weight is 470 g/mol. The molecule has 9 heteroatoms. The molecule has 7 nitrogen and oxygen atoms in total. The third-order valence-electron chi connectivity index (χ3n) is 5.61. The molecule has 33 heavy (non-hydrogen) atoms. The molecule has 0 aliphatic carbocycles. The van der Waals surface area contributed by atoms with Gasteiger partial charge in [-0.1, -0.05) is 62.4 Å². The molecule has 0 unspecified atom stereocenters. The van der Waals surface area contributed by atoms with Gasteiger partial charge in [0.1, 0.15) is 0 Å². The number of fused-ring (bicyclic) bond motifs is 1. The lowest BCUT2D eigenvalue weighted by Gasteiger charge is -2.23. The molecule has 3 rings (SSSR count). The third-order valence-corrected chi connectivity index (χ3v) is 7.29. The number of hydrogen-bond donors (Lipinski definition) is 4. The molecular weight excluding hydrogens is 439 g/mol. The summed E-state index contributed by atoms with van der Waals surface area (Å²) in [6.45, 7) is 3.82. The average Bonchev–Trinajstić information content (AvgIpc) is 3.15. The minimum atomic E-state index is -3.61. The Kier molecular flexibility index (Phi) is 8.34. The minimum absolute atomic E-state index is 0.117. The Morgan fingerprint density at radius 1 is 1.06 bits per heavy atom. The first-order chi connectivity index (χ1) is 15.6. The van der Waals surface area contributed by atoms with Gasteiger partial charge in [-0.3, -0.25) is 4.79 Å². The second-order valence-corrected chi connectivity index (χ2v) is 11.1. The van der Waals surface area contributed by atoms with E-state index in [0.29, 0.717) is 12.0 Å². The Labute approximate surface area is 195 Å². The molecule has 1 heterocycles.